The summed E-state index contributed by atoms with van der Waals surface area (Å²) in [5.74, 6) is 0.0955. The molecule has 0 aliphatic carbocycles. The molecule has 0 aromatic heterocycles. The molecule has 3 heteroatoms. The van der Waals surface area contributed by atoms with Crippen LogP contribution in [0.4, 0.5) is 4.39 Å². The number of benzene rings is 1. The van der Waals surface area contributed by atoms with Gasteiger partial charge in [0.05, 0.1) is 5.02 Å². The zero-order valence-corrected chi connectivity index (χ0v) is 8.16. The van der Waals surface area contributed by atoms with E-state index in [2.05, 4.69) is 12.2 Å². The number of halogens is 2. The molecule has 1 aromatic carbocycles. The van der Waals surface area contributed by atoms with Crippen LogP contribution in [0.25, 0.3) is 0 Å². The van der Waals surface area contributed by atoms with Gasteiger partial charge in [-0.25, -0.2) is 4.39 Å². The summed E-state index contributed by atoms with van der Waals surface area (Å²) < 4.78 is 13.1. The SMILES string of the molecule is CC1CNCc2cc(F)c(Cl)cc21. The van der Waals surface area contributed by atoms with Crippen molar-refractivity contribution in [1.82, 2.24) is 5.32 Å². The summed E-state index contributed by atoms with van der Waals surface area (Å²) in [6.07, 6.45) is 0. The van der Waals surface area contributed by atoms with Gasteiger partial charge in [-0.1, -0.05) is 18.5 Å². The molecular weight excluding hydrogens is 189 g/mol. The van der Waals surface area contributed by atoms with Gasteiger partial charge in [0.25, 0.3) is 0 Å². The summed E-state index contributed by atoms with van der Waals surface area (Å²) in [6.45, 7) is 3.79. The molecule has 70 valence electrons. The Labute approximate surface area is 81.9 Å². The maximum absolute atomic E-state index is 13.1. The Kier molecular flexibility index (Phi) is 2.26. The van der Waals surface area contributed by atoms with Gasteiger partial charge in [0.1, 0.15) is 5.82 Å². The van der Waals surface area contributed by atoms with E-state index in [0.29, 0.717) is 5.92 Å². The normalized spacial score (nSPS) is 21.3. The molecule has 1 heterocycles. The third-order valence-corrected chi connectivity index (χ3v) is 2.77. The third kappa shape index (κ3) is 1.56. The van der Waals surface area contributed by atoms with Crippen molar-refractivity contribution in [2.24, 2.45) is 0 Å². The molecule has 0 bridgehead atoms. The Morgan fingerprint density at radius 1 is 1.54 bits per heavy atom. The fraction of sp³-hybridized carbons (Fsp3) is 0.400. The molecule has 1 aromatic rings. The van der Waals surface area contributed by atoms with E-state index in [-0.39, 0.29) is 10.8 Å². The largest absolute Gasteiger partial charge is 0.312 e. The molecule has 1 N–H and O–H groups in total. The Bertz CT molecular complexity index is 338. The lowest BCUT2D eigenvalue weighted by Crippen LogP contribution is -2.26. The van der Waals surface area contributed by atoms with Gasteiger partial charge in [-0.2, -0.15) is 0 Å². The van der Waals surface area contributed by atoms with Crippen LogP contribution in [0, 0.1) is 5.82 Å². The van der Waals surface area contributed by atoms with Crippen LogP contribution in [0.2, 0.25) is 5.02 Å². The summed E-state index contributed by atoms with van der Waals surface area (Å²) in [7, 11) is 0. The second kappa shape index (κ2) is 3.28. The molecule has 0 saturated heterocycles. The molecule has 0 fully saturated rings. The van der Waals surface area contributed by atoms with Crippen molar-refractivity contribution in [3.63, 3.8) is 0 Å². The number of nitrogens with one attached hydrogen (secondary N) is 1. The molecule has 0 radical (unpaired) electrons. The lowest BCUT2D eigenvalue weighted by atomic mass is 9.92. The van der Waals surface area contributed by atoms with Crippen molar-refractivity contribution >= 4 is 11.6 Å². The standard InChI is InChI=1S/C10H11ClFN/c1-6-4-13-5-7-2-10(12)9(11)3-8(6)7/h2-3,6,13H,4-5H2,1H3. The van der Waals surface area contributed by atoms with E-state index in [1.165, 1.54) is 11.6 Å². The lowest BCUT2D eigenvalue weighted by molar-refractivity contribution is 0.560. The molecule has 0 spiro atoms. The van der Waals surface area contributed by atoms with E-state index in [1.807, 2.05) is 0 Å². The first-order valence-corrected chi connectivity index (χ1v) is 4.75. The van der Waals surface area contributed by atoms with E-state index >= 15 is 0 Å². The molecule has 1 unspecified atom stereocenters. The second-order valence-electron chi connectivity index (χ2n) is 3.50. The fourth-order valence-corrected chi connectivity index (χ4v) is 1.92. The molecule has 1 aliphatic heterocycles. The topological polar surface area (TPSA) is 12.0 Å². The Morgan fingerprint density at radius 3 is 3.08 bits per heavy atom. The number of hydrogen-bond acceptors (Lipinski definition) is 1. The van der Waals surface area contributed by atoms with Crippen LogP contribution in [0.1, 0.15) is 24.0 Å². The fourth-order valence-electron chi connectivity index (χ4n) is 1.75. The van der Waals surface area contributed by atoms with Gasteiger partial charge >= 0.3 is 0 Å². The van der Waals surface area contributed by atoms with Gasteiger partial charge in [-0.3, -0.25) is 0 Å². The smallest absolute Gasteiger partial charge is 0.142 e. The molecular formula is C10H11ClFN. The first-order chi connectivity index (χ1) is 6.18. The highest BCUT2D eigenvalue weighted by Crippen LogP contribution is 2.28. The minimum absolute atomic E-state index is 0.229. The molecule has 13 heavy (non-hydrogen) atoms. The van der Waals surface area contributed by atoms with Crippen LogP contribution in [-0.4, -0.2) is 6.54 Å². The highest BCUT2D eigenvalue weighted by atomic mass is 35.5. The van der Waals surface area contributed by atoms with Gasteiger partial charge in [-0.05, 0) is 29.2 Å². The van der Waals surface area contributed by atoms with Crippen molar-refractivity contribution in [1.29, 1.82) is 0 Å². The minimum Gasteiger partial charge on any atom is -0.312 e. The van der Waals surface area contributed by atoms with Crippen LogP contribution in [0.3, 0.4) is 0 Å². The molecule has 0 saturated carbocycles. The number of fused-ring (bicyclic) bond motifs is 1. The first-order valence-electron chi connectivity index (χ1n) is 4.37. The van der Waals surface area contributed by atoms with E-state index < -0.39 is 0 Å². The van der Waals surface area contributed by atoms with Gasteiger partial charge in [0.2, 0.25) is 0 Å². The van der Waals surface area contributed by atoms with Crippen molar-refractivity contribution in [2.75, 3.05) is 6.54 Å². The van der Waals surface area contributed by atoms with Crippen molar-refractivity contribution in [2.45, 2.75) is 19.4 Å². The molecule has 2 rings (SSSR count). The summed E-state index contributed by atoms with van der Waals surface area (Å²) in [5.41, 5.74) is 2.20. The van der Waals surface area contributed by atoms with Gasteiger partial charge in [-0.15, -0.1) is 0 Å². The van der Waals surface area contributed by atoms with Crippen LogP contribution in [-0.2, 0) is 6.54 Å². The maximum atomic E-state index is 13.1. The molecule has 1 nitrogen and oxygen atoms in total. The van der Waals surface area contributed by atoms with Gasteiger partial charge in [0, 0.05) is 13.1 Å². The van der Waals surface area contributed by atoms with Crippen LogP contribution >= 0.6 is 11.6 Å². The summed E-state index contributed by atoms with van der Waals surface area (Å²) >= 11 is 5.72. The molecule has 1 aliphatic rings. The minimum atomic E-state index is -0.323. The Balaban J connectivity index is 2.52. The first kappa shape index (κ1) is 8.97. The van der Waals surface area contributed by atoms with Crippen molar-refractivity contribution in [3.8, 4) is 0 Å². The highest BCUT2D eigenvalue weighted by molar-refractivity contribution is 6.30. The van der Waals surface area contributed by atoms with Crippen molar-refractivity contribution < 1.29 is 4.39 Å². The molecule has 0 amide bonds. The predicted molar refractivity (Wildman–Crippen MR) is 51.5 cm³/mol. The lowest BCUT2D eigenvalue weighted by Gasteiger charge is -2.23. The second-order valence-corrected chi connectivity index (χ2v) is 3.90. The van der Waals surface area contributed by atoms with E-state index in [0.717, 1.165) is 18.7 Å². The summed E-state index contributed by atoms with van der Waals surface area (Å²) in [4.78, 5) is 0. The van der Waals surface area contributed by atoms with Gasteiger partial charge in [0.15, 0.2) is 0 Å². The zero-order chi connectivity index (χ0) is 9.42. The Morgan fingerprint density at radius 2 is 2.31 bits per heavy atom. The van der Waals surface area contributed by atoms with Gasteiger partial charge < -0.3 is 5.32 Å². The monoisotopic (exact) mass is 199 g/mol. The average Bonchev–Trinajstić information content (AvgIpc) is 2.09. The van der Waals surface area contributed by atoms with Crippen LogP contribution in [0.15, 0.2) is 12.1 Å². The van der Waals surface area contributed by atoms with Crippen LogP contribution in [0.5, 0.6) is 0 Å². The summed E-state index contributed by atoms with van der Waals surface area (Å²) in [5, 5.41) is 3.46. The average molecular weight is 200 g/mol. The Hall–Kier alpha value is -0.600. The zero-order valence-electron chi connectivity index (χ0n) is 7.40. The summed E-state index contributed by atoms with van der Waals surface area (Å²) in [6, 6.07) is 3.28. The predicted octanol–water partition coefficient (Wildman–Crippen LogP) is 2.69. The quantitative estimate of drug-likeness (QED) is 0.678. The number of hydrogen-bond donors (Lipinski definition) is 1. The van der Waals surface area contributed by atoms with E-state index in [9.17, 15) is 4.39 Å². The van der Waals surface area contributed by atoms with Crippen molar-refractivity contribution in [3.05, 3.63) is 34.1 Å². The van der Waals surface area contributed by atoms with E-state index in [4.69, 9.17) is 11.6 Å². The number of rotatable bonds is 0. The maximum Gasteiger partial charge on any atom is 0.142 e. The van der Waals surface area contributed by atoms with Crippen LogP contribution < -0.4 is 5.32 Å². The highest BCUT2D eigenvalue weighted by Gasteiger charge is 2.17. The van der Waals surface area contributed by atoms with E-state index in [1.54, 1.807) is 6.07 Å². The third-order valence-electron chi connectivity index (χ3n) is 2.48. The molecule has 1 atom stereocenters.